The summed E-state index contributed by atoms with van der Waals surface area (Å²) < 4.78 is 5.83. The van der Waals surface area contributed by atoms with E-state index in [1.807, 2.05) is 0 Å². The Kier molecular flexibility index (Phi) is 4.37. The van der Waals surface area contributed by atoms with E-state index in [2.05, 4.69) is 25.1 Å². The first-order valence-electron chi connectivity index (χ1n) is 8.47. The van der Waals surface area contributed by atoms with Gasteiger partial charge in [0.1, 0.15) is 0 Å². The summed E-state index contributed by atoms with van der Waals surface area (Å²) in [6.45, 7) is 2.27. The van der Waals surface area contributed by atoms with Crippen LogP contribution < -0.4 is 0 Å². The normalized spacial score (nSPS) is 30.1. The Hall–Kier alpha value is -0.860. The third-order valence-corrected chi connectivity index (χ3v) is 5.60. The maximum Gasteiger partial charge on any atom is 0.0942 e. The molecule has 3 unspecified atom stereocenters. The van der Waals surface area contributed by atoms with Crippen LogP contribution >= 0.6 is 0 Å². The lowest BCUT2D eigenvalue weighted by Crippen LogP contribution is -2.48. The smallest absolute Gasteiger partial charge is 0.0942 e. The van der Waals surface area contributed by atoms with Crippen LogP contribution in [0.15, 0.2) is 18.2 Å². The molecule has 2 nitrogen and oxygen atoms in total. The van der Waals surface area contributed by atoms with Crippen LogP contribution in [-0.2, 0) is 24.0 Å². The van der Waals surface area contributed by atoms with E-state index < -0.39 is 6.10 Å². The SMILES string of the molecule is COC1(C(O)Cc2ccc3c(c2)CCC3)CCCC(C)C1. The second kappa shape index (κ2) is 6.10. The van der Waals surface area contributed by atoms with Crippen molar-refractivity contribution >= 4 is 0 Å². The van der Waals surface area contributed by atoms with Crippen LogP contribution in [0.3, 0.4) is 0 Å². The first-order valence-corrected chi connectivity index (χ1v) is 8.47. The Morgan fingerprint density at radius 3 is 2.86 bits per heavy atom. The summed E-state index contributed by atoms with van der Waals surface area (Å²) >= 11 is 0. The van der Waals surface area contributed by atoms with Crippen LogP contribution in [0.1, 0.15) is 55.7 Å². The van der Waals surface area contributed by atoms with Gasteiger partial charge in [0.2, 0.25) is 0 Å². The lowest BCUT2D eigenvalue weighted by atomic mass is 9.74. The summed E-state index contributed by atoms with van der Waals surface area (Å²) in [5.41, 5.74) is 3.92. The number of hydrogen-bond acceptors (Lipinski definition) is 2. The molecule has 1 aromatic rings. The van der Waals surface area contributed by atoms with Gasteiger partial charge in [0.25, 0.3) is 0 Å². The van der Waals surface area contributed by atoms with Crippen molar-refractivity contribution in [2.75, 3.05) is 7.11 Å². The van der Waals surface area contributed by atoms with E-state index in [1.54, 1.807) is 7.11 Å². The Balaban J connectivity index is 1.73. The molecule has 116 valence electrons. The second-order valence-corrected chi connectivity index (χ2v) is 7.15. The molecule has 21 heavy (non-hydrogen) atoms. The minimum absolute atomic E-state index is 0.337. The van der Waals surface area contributed by atoms with Crippen LogP contribution in [-0.4, -0.2) is 23.9 Å². The number of ether oxygens (including phenoxy) is 1. The van der Waals surface area contributed by atoms with Crippen molar-refractivity contribution in [3.05, 3.63) is 34.9 Å². The second-order valence-electron chi connectivity index (χ2n) is 7.15. The number of benzene rings is 1. The fraction of sp³-hybridized carbons (Fsp3) is 0.684. The molecule has 0 spiro atoms. The van der Waals surface area contributed by atoms with Crippen LogP contribution in [0.2, 0.25) is 0 Å². The quantitative estimate of drug-likeness (QED) is 0.916. The standard InChI is InChI=1S/C19H28O2/c1-14-5-4-10-19(13-14,21-2)18(20)12-15-8-9-16-6-3-7-17(16)11-15/h8-9,11,14,18,20H,3-7,10,12-13H2,1-2H3. The molecule has 1 N–H and O–H groups in total. The van der Waals surface area contributed by atoms with Gasteiger partial charge >= 0.3 is 0 Å². The van der Waals surface area contributed by atoms with Crippen LogP contribution in [0.4, 0.5) is 0 Å². The minimum atomic E-state index is -0.398. The summed E-state index contributed by atoms with van der Waals surface area (Å²) in [4.78, 5) is 0. The average molecular weight is 288 g/mol. The van der Waals surface area contributed by atoms with Gasteiger partial charge in [-0.1, -0.05) is 38.0 Å². The highest BCUT2D eigenvalue weighted by molar-refractivity contribution is 5.35. The molecule has 0 amide bonds. The largest absolute Gasteiger partial charge is 0.390 e. The number of aliphatic hydroxyl groups excluding tert-OH is 1. The van der Waals surface area contributed by atoms with Crippen molar-refractivity contribution in [1.29, 1.82) is 0 Å². The third-order valence-electron chi connectivity index (χ3n) is 5.60. The van der Waals surface area contributed by atoms with Crippen molar-refractivity contribution < 1.29 is 9.84 Å². The molecule has 0 radical (unpaired) electrons. The van der Waals surface area contributed by atoms with Crippen LogP contribution in [0.5, 0.6) is 0 Å². The van der Waals surface area contributed by atoms with E-state index >= 15 is 0 Å². The highest BCUT2D eigenvalue weighted by Crippen LogP contribution is 2.38. The lowest BCUT2D eigenvalue weighted by Gasteiger charge is -2.42. The number of aryl methyl sites for hydroxylation is 2. The monoisotopic (exact) mass is 288 g/mol. The molecule has 0 aromatic heterocycles. The molecule has 0 aliphatic heterocycles. The van der Waals surface area contributed by atoms with Gasteiger partial charge in [-0.05, 0) is 54.7 Å². The highest BCUT2D eigenvalue weighted by atomic mass is 16.5. The Morgan fingerprint density at radius 1 is 1.29 bits per heavy atom. The maximum absolute atomic E-state index is 10.8. The number of aliphatic hydroxyl groups is 1. The molecule has 2 aliphatic carbocycles. The number of methoxy groups -OCH3 is 1. The molecule has 2 aliphatic rings. The molecule has 0 heterocycles. The lowest BCUT2D eigenvalue weighted by molar-refractivity contribution is -0.131. The van der Waals surface area contributed by atoms with Gasteiger partial charge in [-0.15, -0.1) is 0 Å². The van der Waals surface area contributed by atoms with E-state index in [-0.39, 0.29) is 5.60 Å². The molecule has 1 saturated carbocycles. The summed E-state index contributed by atoms with van der Waals surface area (Å²) in [5, 5.41) is 10.8. The maximum atomic E-state index is 10.8. The van der Waals surface area contributed by atoms with Crippen molar-refractivity contribution in [3.8, 4) is 0 Å². The Morgan fingerprint density at radius 2 is 2.10 bits per heavy atom. The van der Waals surface area contributed by atoms with Crippen molar-refractivity contribution in [3.63, 3.8) is 0 Å². The predicted octanol–water partition coefficient (Wildman–Crippen LogP) is 3.67. The van der Waals surface area contributed by atoms with Gasteiger partial charge in [0, 0.05) is 13.5 Å². The summed E-state index contributed by atoms with van der Waals surface area (Å²) in [6, 6.07) is 6.76. The topological polar surface area (TPSA) is 29.5 Å². The fourth-order valence-electron chi connectivity index (χ4n) is 4.33. The number of hydrogen-bond donors (Lipinski definition) is 1. The number of rotatable bonds is 4. The minimum Gasteiger partial charge on any atom is -0.390 e. The molecule has 3 atom stereocenters. The molecular formula is C19H28O2. The van der Waals surface area contributed by atoms with Gasteiger partial charge in [-0.3, -0.25) is 0 Å². The third kappa shape index (κ3) is 3.02. The zero-order valence-electron chi connectivity index (χ0n) is 13.4. The fourth-order valence-corrected chi connectivity index (χ4v) is 4.33. The van der Waals surface area contributed by atoms with E-state index in [1.165, 1.54) is 42.4 Å². The van der Waals surface area contributed by atoms with Gasteiger partial charge in [-0.2, -0.15) is 0 Å². The Labute approximate surface area is 128 Å². The van der Waals surface area contributed by atoms with E-state index in [9.17, 15) is 5.11 Å². The summed E-state index contributed by atoms with van der Waals surface area (Å²) in [6.07, 6.45) is 8.41. The van der Waals surface area contributed by atoms with Crippen molar-refractivity contribution in [2.45, 2.75) is 70.0 Å². The first-order chi connectivity index (χ1) is 10.1. The molecule has 0 saturated heterocycles. The molecule has 3 rings (SSSR count). The molecule has 1 fully saturated rings. The van der Waals surface area contributed by atoms with Crippen LogP contribution in [0.25, 0.3) is 0 Å². The predicted molar refractivity (Wildman–Crippen MR) is 85.5 cm³/mol. The van der Waals surface area contributed by atoms with Crippen LogP contribution in [0, 0.1) is 5.92 Å². The number of fused-ring (bicyclic) bond motifs is 1. The molecular weight excluding hydrogens is 260 g/mol. The summed E-state index contributed by atoms with van der Waals surface area (Å²) in [7, 11) is 1.77. The van der Waals surface area contributed by atoms with E-state index in [0.29, 0.717) is 12.3 Å². The van der Waals surface area contributed by atoms with E-state index in [4.69, 9.17) is 4.74 Å². The van der Waals surface area contributed by atoms with E-state index in [0.717, 1.165) is 19.3 Å². The van der Waals surface area contributed by atoms with Crippen molar-refractivity contribution in [2.24, 2.45) is 5.92 Å². The zero-order chi connectivity index (χ0) is 14.9. The highest BCUT2D eigenvalue weighted by Gasteiger charge is 2.41. The first kappa shape index (κ1) is 15.1. The molecule has 0 bridgehead atoms. The molecule has 2 heteroatoms. The van der Waals surface area contributed by atoms with Gasteiger partial charge < -0.3 is 9.84 Å². The Bertz CT molecular complexity index is 496. The summed E-state index contributed by atoms with van der Waals surface area (Å²) in [5.74, 6) is 0.647. The average Bonchev–Trinajstić information content (AvgIpc) is 2.94. The zero-order valence-corrected chi connectivity index (χ0v) is 13.4. The molecule has 1 aromatic carbocycles. The van der Waals surface area contributed by atoms with Gasteiger partial charge in [0.05, 0.1) is 11.7 Å². The van der Waals surface area contributed by atoms with Gasteiger partial charge in [0.15, 0.2) is 0 Å². The van der Waals surface area contributed by atoms with Crippen molar-refractivity contribution in [1.82, 2.24) is 0 Å². The van der Waals surface area contributed by atoms with Gasteiger partial charge in [-0.25, -0.2) is 0 Å².